The van der Waals surface area contributed by atoms with Gasteiger partial charge in [-0.1, -0.05) is 13.8 Å². The average Bonchev–Trinajstić information content (AvgIpc) is 2.73. The van der Waals surface area contributed by atoms with Crippen molar-refractivity contribution in [2.75, 3.05) is 7.11 Å². The second kappa shape index (κ2) is 9.56. The maximum atomic E-state index is 13.4. The Hall–Kier alpha value is -3.47. The van der Waals surface area contributed by atoms with Crippen molar-refractivity contribution in [1.29, 1.82) is 5.26 Å². The molecule has 2 atom stereocenters. The molecule has 1 aromatic rings. The van der Waals surface area contributed by atoms with Crippen LogP contribution >= 0.6 is 0 Å². The molecule has 8 heteroatoms. The van der Waals surface area contributed by atoms with E-state index in [0.717, 1.165) is 6.07 Å². The first kappa shape index (κ1) is 23.8. The van der Waals surface area contributed by atoms with E-state index >= 15 is 0 Å². The Kier molecular flexibility index (Phi) is 7.34. The van der Waals surface area contributed by atoms with Crippen molar-refractivity contribution in [3.8, 4) is 6.07 Å². The highest BCUT2D eigenvalue weighted by molar-refractivity contribution is 6.03. The molecule has 0 saturated carbocycles. The van der Waals surface area contributed by atoms with Crippen LogP contribution in [0.15, 0.2) is 41.9 Å². The standard InChI is InChI=1S/C23H26N2O6/c1-14(2)31-20-9-7-16(11-21(20)30-5)23(3,4)22(27)18(13-26)17-8-6-15(12-24)10-19(17)25(28)29/h6,8-11,13-14,16,18H,7H2,1-5H3. The third-order valence-electron chi connectivity index (χ3n) is 5.41. The Morgan fingerprint density at radius 1 is 1.35 bits per heavy atom. The Bertz CT molecular complexity index is 984. The number of ketones is 1. The van der Waals surface area contributed by atoms with Crippen LogP contribution < -0.4 is 0 Å². The van der Waals surface area contributed by atoms with Crippen LogP contribution in [0.5, 0.6) is 0 Å². The highest BCUT2D eigenvalue weighted by atomic mass is 16.6. The Balaban J connectivity index is 2.42. The number of benzene rings is 1. The SMILES string of the molecule is COC1=CC(C(C)(C)C(=O)C(C=O)c2ccc(C#N)cc2[N+](=O)[O-])CC=C1OC(C)C. The lowest BCUT2D eigenvalue weighted by molar-refractivity contribution is -0.385. The number of allylic oxidation sites excluding steroid dienone is 2. The molecule has 0 N–H and O–H groups in total. The maximum absolute atomic E-state index is 13.4. The molecule has 0 heterocycles. The Morgan fingerprint density at radius 2 is 2.03 bits per heavy atom. The second-order valence-electron chi connectivity index (χ2n) is 8.15. The van der Waals surface area contributed by atoms with Crippen molar-refractivity contribution < 1.29 is 24.0 Å². The fraction of sp³-hybridized carbons (Fsp3) is 0.435. The summed E-state index contributed by atoms with van der Waals surface area (Å²) in [6, 6.07) is 5.57. The van der Waals surface area contributed by atoms with Gasteiger partial charge in [0, 0.05) is 17.0 Å². The highest BCUT2D eigenvalue weighted by Crippen LogP contribution is 2.41. The van der Waals surface area contributed by atoms with Crippen molar-refractivity contribution in [2.45, 2.75) is 46.1 Å². The topological polar surface area (TPSA) is 120 Å². The van der Waals surface area contributed by atoms with Gasteiger partial charge in [-0.15, -0.1) is 0 Å². The monoisotopic (exact) mass is 426 g/mol. The number of nitro benzene ring substituents is 1. The van der Waals surface area contributed by atoms with E-state index in [1.807, 2.05) is 26.0 Å². The van der Waals surface area contributed by atoms with Gasteiger partial charge < -0.3 is 14.3 Å². The zero-order valence-corrected chi connectivity index (χ0v) is 18.2. The number of nitriles is 1. The van der Waals surface area contributed by atoms with Gasteiger partial charge in [-0.25, -0.2) is 0 Å². The summed E-state index contributed by atoms with van der Waals surface area (Å²) < 4.78 is 11.2. The molecule has 0 bridgehead atoms. The number of ether oxygens (including phenoxy) is 2. The van der Waals surface area contributed by atoms with Crippen LogP contribution in [0.4, 0.5) is 5.69 Å². The number of hydrogen-bond donors (Lipinski definition) is 0. The summed E-state index contributed by atoms with van der Waals surface area (Å²) in [6.45, 7) is 7.20. The van der Waals surface area contributed by atoms with Crippen LogP contribution in [0.3, 0.4) is 0 Å². The lowest BCUT2D eigenvalue weighted by Crippen LogP contribution is -2.37. The van der Waals surface area contributed by atoms with E-state index in [4.69, 9.17) is 14.7 Å². The van der Waals surface area contributed by atoms with Gasteiger partial charge in [-0.3, -0.25) is 14.9 Å². The number of hydrogen-bond acceptors (Lipinski definition) is 7. The zero-order valence-electron chi connectivity index (χ0n) is 18.2. The van der Waals surface area contributed by atoms with E-state index in [9.17, 15) is 19.7 Å². The molecule has 1 aromatic carbocycles. The van der Waals surface area contributed by atoms with Crippen molar-refractivity contribution >= 4 is 17.8 Å². The molecule has 2 rings (SSSR count). The van der Waals surface area contributed by atoms with E-state index < -0.39 is 27.7 Å². The number of Topliss-reactive ketones (excluding diaryl/α,β-unsaturated/α-hetero) is 1. The molecule has 0 aromatic heterocycles. The number of nitro groups is 1. The molecule has 0 fully saturated rings. The van der Waals surface area contributed by atoms with Crippen molar-refractivity contribution in [3.05, 3.63) is 63.1 Å². The van der Waals surface area contributed by atoms with Gasteiger partial charge in [0.25, 0.3) is 5.69 Å². The molecular formula is C23H26N2O6. The second-order valence-corrected chi connectivity index (χ2v) is 8.15. The fourth-order valence-electron chi connectivity index (χ4n) is 3.59. The maximum Gasteiger partial charge on any atom is 0.275 e. The van der Waals surface area contributed by atoms with Crippen LogP contribution in [-0.2, 0) is 19.1 Å². The van der Waals surface area contributed by atoms with Gasteiger partial charge in [0.1, 0.15) is 12.2 Å². The van der Waals surface area contributed by atoms with Crippen LogP contribution in [0.1, 0.15) is 51.2 Å². The van der Waals surface area contributed by atoms with Crippen molar-refractivity contribution in [3.63, 3.8) is 0 Å². The number of nitrogens with zero attached hydrogens (tertiary/aromatic N) is 2. The normalized spacial score (nSPS) is 17.1. The van der Waals surface area contributed by atoms with Gasteiger partial charge >= 0.3 is 0 Å². The molecule has 164 valence electrons. The quantitative estimate of drug-likeness (QED) is 0.251. The summed E-state index contributed by atoms with van der Waals surface area (Å²) >= 11 is 0. The molecule has 1 aliphatic carbocycles. The molecule has 0 saturated heterocycles. The fourth-order valence-corrected chi connectivity index (χ4v) is 3.59. The Labute approximate surface area is 181 Å². The van der Waals surface area contributed by atoms with E-state index in [2.05, 4.69) is 0 Å². The molecule has 0 radical (unpaired) electrons. The van der Waals surface area contributed by atoms with Gasteiger partial charge in [0.05, 0.1) is 29.8 Å². The highest BCUT2D eigenvalue weighted by Gasteiger charge is 2.42. The number of methoxy groups -OCH3 is 1. The van der Waals surface area contributed by atoms with Crippen LogP contribution in [0.25, 0.3) is 0 Å². The minimum Gasteiger partial charge on any atom is -0.493 e. The smallest absolute Gasteiger partial charge is 0.275 e. The van der Waals surface area contributed by atoms with E-state index in [1.165, 1.54) is 19.2 Å². The molecule has 0 amide bonds. The summed E-state index contributed by atoms with van der Waals surface area (Å²) in [5.74, 6) is -1.01. The number of rotatable bonds is 9. The summed E-state index contributed by atoms with van der Waals surface area (Å²) in [5.41, 5.74) is -1.40. The number of aldehydes is 1. The average molecular weight is 426 g/mol. The van der Waals surface area contributed by atoms with E-state index in [0.29, 0.717) is 24.2 Å². The van der Waals surface area contributed by atoms with Gasteiger partial charge in [0.2, 0.25) is 0 Å². The third-order valence-corrected chi connectivity index (χ3v) is 5.41. The Morgan fingerprint density at radius 3 is 2.55 bits per heavy atom. The summed E-state index contributed by atoms with van der Waals surface area (Å²) in [4.78, 5) is 36.2. The number of carbonyl (C=O) groups excluding carboxylic acids is 2. The van der Waals surface area contributed by atoms with Gasteiger partial charge in [0.15, 0.2) is 17.3 Å². The van der Waals surface area contributed by atoms with Crippen molar-refractivity contribution in [1.82, 2.24) is 0 Å². The molecule has 8 nitrogen and oxygen atoms in total. The lowest BCUT2D eigenvalue weighted by Gasteiger charge is -2.35. The van der Waals surface area contributed by atoms with Crippen molar-refractivity contribution in [2.24, 2.45) is 11.3 Å². The zero-order chi connectivity index (χ0) is 23.3. The first-order valence-corrected chi connectivity index (χ1v) is 9.87. The van der Waals surface area contributed by atoms with Crippen LogP contribution in [0.2, 0.25) is 0 Å². The molecule has 31 heavy (non-hydrogen) atoms. The van der Waals surface area contributed by atoms with E-state index in [-0.39, 0.29) is 23.1 Å². The number of carbonyl (C=O) groups is 2. The molecule has 0 aliphatic heterocycles. The molecule has 0 spiro atoms. The first-order valence-electron chi connectivity index (χ1n) is 9.87. The summed E-state index contributed by atoms with van der Waals surface area (Å²) in [6.07, 6.45) is 4.50. The molecular weight excluding hydrogens is 400 g/mol. The predicted octanol–water partition coefficient (Wildman–Crippen LogP) is 4.20. The largest absolute Gasteiger partial charge is 0.493 e. The van der Waals surface area contributed by atoms with Crippen LogP contribution in [0, 0.1) is 32.8 Å². The minimum atomic E-state index is -1.33. The predicted molar refractivity (Wildman–Crippen MR) is 113 cm³/mol. The lowest BCUT2D eigenvalue weighted by atomic mass is 9.68. The van der Waals surface area contributed by atoms with Gasteiger partial charge in [-0.2, -0.15) is 5.26 Å². The first-order chi connectivity index (χ1) is 14.6. The van der Waals surface area contributed by atoms with E-state index in [1.54, 1.807) is 19.9 Å². The van der Waals surface area contributed by atoms with Crippen LogP contribution in [-0.4, -0.2) is 30.2 Å². The molecule has 2 unspecified atom stereocenters. The summed E-state index contributed by atoms with van der Waals surface area (Å²) in [5, 5.41) is 20.5. The molecule has 1 aliphatic rings. The third kappa shape index (κ3) is 5.00. The summed E-state index contributed by atoms with van der Waals surface area (Å²) in [7, 11) is 1.51. The van der Waals surface area contributed by atoms with Gasteiger partial charge in [-0.05, 0) is 50.5 Å². The minimum absolute atomic E-state index is 0.0248.